The number of ether oxygens (including phenoxy) is 1. The van der Waals surface area contributed by atoms with Crippen LogP contribution >= 0.6 is 0 Å². The van der Waals surface area contributed by atoms with Gasteiger partial charge < -0.3 is 4.74 Å². The van der Waals surface area contributed by atoms with E-state index in [-0.39, 0.29) is 48.4 Å². The maximum Gasteiger partial charge on any atom is 0.313 e. The fourth-order valence-electron chi connectivity index (χ4n) is 2.81. The molecule has 0 radical (unpaired) electrons. The summed E-state index contributed by atoms with van der Waals surface area (Å²) in [5.41, 5.74) is -0.136. The number of benzene rings is 1. The van der Waals surface area contributed by atoms with E-state index in [1.165, 1.54) is 28.6 Å². The van der Waals surface area contributed by atoms with E-state index < -0.39 is 16.0 Å². The molecule has 136 valence electrons. The molecule has 0 saturated carbocycles. The summed E-state index contributed by atoms with van der Waals surface area (Å²) < 4.78 is 31.3. The largest absolute Gasteiger partial charge is 0.466 e. The van der Waals surface area contributed by atoms with Gasteiger partial charge in [0, 0.05) is 19.0 Å². The number of carbonyl (C=O) groups is 2. The second-order valence-electron chi connectivity index (χ2n) is 5.69. The zero-order chi connectivity index (χ0) is 18.4. The molecule has 1 fully saturated rings. The SMILES string of the molecule is CCOC(=O)CC(=O)C1CCN(S(=O)(=O)c2ccccc2N=O)CC1. The summed E-state index contributed by atoms with van der Waals surface area (Å²) in [4.78, 5) is 34.2. The second-order valence-corrected chi connectivity index (χ2v) is 7.59. The third kappa shape index (κ3) is 4.49. The minimum atomic E-state index is -3.85. The lowest BCUT2D eigenvalue weighted by Gasteiger charge is -2.30. The molecule has 1 aromatic carbocycles. The van der Waals surface area contributed by atoms with Gasteiger partial charge in [0.1, 0.15) is 22.8 Å². The number of esters is 1. The van der Waals surface area contributed by atoms with Gasteiger partial charge in [-0.25, -0.2) is 8.42 Å². The van der Waals surface area contributed by atoms with Crippen molar-refractivity contribution in [3.63, 3.8) is 0 Å². The van der Waals surface area contributed by atoms with Gasteiger partial charge >= 0.3 is 5.97 Å². The topological polar surface area (TPSA) is 110 Å². The Morgan fingerprint density at radius 3 is 2.48 bits per heavy atom. The summed E-state index contributed by atoms with van der Waals surface area (Å²) in [5.74, 6) is -1.16. The van der Waals surface area contributed by atoms with Crippen molar-refractivity contribution in [3.05, 3.63) is 29.2 Å². The van der Waals surface area contributed by atoms with Crippen molar-refractivity contribution < 1.29 is 22.7 Å². The van der Waals surface area contributed by atoms with Crippen LogP contribution in [0.25, 0.3) is 0 Å². The van der Waals surface area contributed by atoms with Crippen LogP contribution in [0.2, 0.25) is 0 Å². The van der Waals surface area contributed by atoms with Crippen molar-refractivity contribution >= 4 is 27.5 Å². The number of hydrogen-bond acceptors (Lipinski definition) is 7. The van der Waals surface area contributed by atoms with E-state index in [4.69, 9.17) is 4.74 Å². The highest BCUT2D eigenvalue weighted by molar-refractivity contribution is 7.89. The Morgan fingerprint density at radius 2 is 1.88 bits per heavy atom. The van der Waals surface area contributed by atoms with Crippen LogP contribution in [0.5, 0.6) is 0 Å². The molecule has 1 aliphatic rings. The van der Waals surface area contributed by atoms with E-state index in [1.54, 1.807) is 6.92 Å². The molecule has 0 atom stereocenters. The molecule has 0 unspecified atom stereocenters. The zero-order valence-corrected chi connectivity index (χ0v) is 14.7. The first-order chi connectivity index (χ1) is 11.9. The molecule has 0 aromatic heterocycles. The standard InChI is InChI=1S/C16H20N2O6S/c1-2-24-16(20)11-14(19)12-7-9-18(10-8-12)25(22,23)15-6-4-3-5-13(15)17-21/h3-6,12H,2,7-11H2,1H3. The van der Waals surface area contributed by atoms with Crippen LogP contribution in [0.15, 0.2) is 34.3 Å². The van der Waals surface area contributed by atoms with Crippen LogP contribution in [0.1, 0.15) is 26.2 Å². The quantitative estimate of drug-likeness (QED) is 0.413. The van der Waals surface area contributed by atoms with E-state index >= 15 is 0 Å². The average Bonchev–Trinajstić information content (AvgIpc) is 2.61. The minimum absolute atomic E-state index is 0.136. The first kappa shape index (κ1) is 19.2. The lowest BCUT2D eigenvalue weighted by Crippen LogP contribution is -2.40. The maximum absolute atomic E-state index is 12.7. The fourth-order valence-corrected chi connectivity index (χ4v) is 4.40. The predicted octanol–water partition coefficient (Wildman–Crippen LogP) is 2.01. The molecule has 0 N–H and O–H groups in total. The Kier molecular flexibility index (Phi) is 6.38. The number of Topliss-reactive ketones (excluding diaryl/α,β-unsaturated/α-hetero) is 1. The van der Waals surface area contributed by atoms with E-state index in [2.05, 4.69) is 5.18 Å². The highest BCUT2D eigenvalue weighted by Crippen LogP contribution is 2.30. The predicted molar refractivity (Wildman–Crippen MR) is 89.6 cm³/mol. The molecule has 8 nitrogen and oxygen atoms in total. The molecule has 9 heteroatoms. The first-order valence-corrected chi connectivity index (χ1v) is 9.45. The van der Waals surface area contributed by atoms with Crippen LogP contribution in [-0.4, -0.2) is 44.2 Å². The average molecular weight is 368 g/mol. The summed E-state index contributed by atoms with van der Waals surface area (Å²) in [5, 5.41) is 2.76. The summed E-state index contributed by atoms with van der Waals surface area (Å²) in [7, 11) is -3.85. The van der Waals surface area contributed by atoms with Crippen LogP contribution in [0.4, 0.5) is 5.69 Å². The van der Waals surface area contributed by atoms with E-state index in [0.717, 1.165) is 0 Å². The molecular weight excluding hydrogens is 348 g/mol. The van der Waals surface area contributed by atoms with E-state index in [9.17, 15) is 22.9 Å². The number of piperidine rings is 1. The maximum atomic E-state index is 12.7. The molecule has 1 saturated heterocycles. The van der Waals surface area contributed by atoms with E-state index in [1.807, 2.05) is 0 Å². The smallest absolute Gasteiger partial charge is 0.313 e. The molecule has 2 rings (SSSR count). The fraction of sp³-hybridized carbons (Fsp3) is 0.500. The summed E-state index contributed by atoms with van der Waals surface area (Å²) in [6.07, 6.45) is 0.367. The van der Waals surface area contributed by atoms with Crippen molar-refractivity contribution in [2.24, 2.45) is 11.1 Å². The lowest BCUT2D eigenvalue weighted by atomic mass is 9.92. The summed E-state index contributed by atoms with van der Waals surface area (Å²) >= 11 is 0. The van der Waals surface area contributed by atoms with Gasteiger partial charge in [0.2, 0.25) is 10.0 Å². The van der Waals surface area contributed by atoms with Gasteiger partial charge in [-0.15, -0.1) is 4.91 Å². The Labute approximate surface area is 146 Å². The van der Waals surface area contributed by atoms with Crippen LogP contribution in [0.3, 0.4) is 0 Å². The second kappa shape index (κ2) is 8.30. The number of hydrogen-bond donors (Lipinski definition) is 0. The Balaban J connectivity index is 2.03. The van der Waals surface area contributed by atoms with Gasteiger partial charge in [-0.2, -0.15) is 4.31 Å². The molecule has 1 aromatic rings. The number of ketones is 1. The van der Waals surface area contributed by atoms with Gasteiger partial charge in [-0.1, -0.05) is 12.1 Å². The number of nitrogens with zero attached hydrogens (tertiary/aromatic N) is 2. The molecular formula is C16H20N2O6S. The summed E-state index contributed by atoms with van der Waals surface area (Å²) in [6, 6.07) is 5.74. The van der Waals surface area contributed by atoms with Crippen molar-refractivity contribution in [2.45, 2.75) is 31.1 Å². The van der Waals surface area contributed by atoms with Gasteiger partial charge in [0.15, 0.2) is 0 Å². The van der Waals surface area contributed by atoms with Gasteiger partial charge in [0.25, 0.3) is 0 Å². The highest BCUT2D eigenvalue weighted by Gasteiger charge is 2.33. The summed E-state index contributed by atoms with van der Waals surface area (Å²) in [6.45, 7) is 2.17. The Morgan fingerprint density at radius 1 is 1.24 bits per heavy atom. The molecule has 0 bridgehead atoms. The number of carbonyl (C=O) groups excluding carboxylic acids is 2. The van der Waals surface area contributed by atoms with Crippen molar-refractivity contribution in [1.82, 2.24) is 4.31 Å². The van der Waals surface area contributed by atoms with Crippen molar-refractivity contribution in [1.29, 1.82) is 0 Å². The number of nitroso groups, excluding NO2 is 1. The lowest BCUT2D eigenvalue weighted by molar-refractivity contribution is -0.146. The molecule has 0 amide bonds. The van der Waals surface area contributed by atoms with Crippen LogP contribution < -0.4 is 0 Å². The Hall–Kier alpha value is -2.13. The Bertz CT molecular complexity index is 754. The normalized spacial score (nSPS) is 16.4. The number of sulfonamides is 1. The van der Waals surface area contributed by atoms with Crippen LogP contribution in [-0.2, 0) is 24.3 Å². The van der Waals surface area contributed by atoms with Gasteiger partial charge in [-0.05, 0) is 37.1 Å². The van der Waals surface area contributed by atoms with Gasteiger partial charge in [-0.3, -0.25) is 9.59 Å². The third-order valence-corrected chi connectivity index (χ3v) is 6.06. The molecule has 25 heavy (non-hydrogen) atoms. The third-order valence-electron chi connectivity index (χ3n) is 4.11. The zero-order valence-electron chi connectivity index (χ0n) is 13.9. The van der Waals surface area contributed by atoms with Crippen molar-refractivity contribution in [3.8, 4) is 0 Å². The molecule has 1 aliphatic heterocycles. The van der Waals surface area contributed by atoms with Crippen molar-refractivity contribution in [2.75, 3.05) is 19.7 Å². The van der Waals surface area contributed by atoms with E-state index in [0.29, 0.717) is 12.8 Å². The highest BCUT2D eigenvalue weighted by atomic mass is 32.2. The number of rotatable bonds is 7. The molecule has 1 heterocycles. The first-order valence-electron chi connectivity index (χ1n) is 8.01. The van der Waals surface area contributed by atoms with Crippen LogP contribution in [0, 0.1) is 10.8 Å². The minimum Gasteiger partial charge on any atom is -0.466 e. The molecule has 0 spiro atoms. The monoisotopic (exact) mass is 368 g/mol. The molecule has 0 aliphatic carbocycles. The van der Waals surface area contributed by atoms with Gasteiger partial charge in [0.05, 0.1) is 6.61 Å².